The second-order valence-corrected chi connectivity index (χ2v) is 7.72. The van der Waals surface area contributed by atoms with Gasteiger partial charge in [-0.25, -0.2) is 4.79 Å². The van der Waals surface area contributed by atoms with E-state index in [9.17, 15) is 14.4 Å². The highest BCUT2D eigenvalue weighted by atomic mass is 16.5. The number of hydrogen-bond acceptors (Lipinski definition) is 4. The molecule has 164 valence electrons. The third-order valence-corrected chi connectivity index (χ3v) is 5.61. The molecule has 32 heavy (non-hydrogen) atoms. The predicted molar refractivity (Wildman–Crippen MR) is 123 cm³/mol. The van der Waals surface area contributed by atoms with Crippen LogP contribution in [-0.2, 0) is 25.5 Å². The van der Waals surface area contributed by atoms with E-state index in [1.165, 1.54) is 13.2 Å². The Morgan fingerprint density at radius 1 is 1.19 bits per heavy atom. The van der Waals surface area contributed by atoms with Crippen molar-refractivity contribution in [3.8, 4) is 0 Å². The summed E-state index contributed by atoms with van der Waals surface area (Å²) in [6, 6.07) is 14.4. The fourth-order valence-corrected chi connectivity index (χ4v) is 3.93. The van der Waals surface area contributed by atoms with Crippen LogP contribution in [0.4, 0.5) is 5.69 Å². The topological polar surface area (TPSA) is 91.5 Å². The summed E-state index contributed by atoms with van der Waals surface area (Å²) in [5.41, 5.74) is 3.57. The van der Waals surface area contributed by atoms with Crippen molar-refractivity contribution in [2.45, 2.75) is 25.3 Å². The minimum atomic E-state index is -0.806. The number of H-pyrrole nitrogens is 1. The second-order valence-electron chi connectivity index (χ2n) is 7.72. The van der Waals surface area contributed by atoms with Crippen LogP contribution in [0.5, 0.6) is 0 Å². The van der Waals surface area contributed by atoms with E-state index < -0.39 is 12.0 Å². The maximum atomic E-state index is 12.5. The van der Waals surface area contributed by atoms with E-state index in [0.29, 0.717) is 12.8 Å². The van der Waals surface area contributed by atoms with Crippen molar-refractivity contribution in [3.05, 3.63) is 71.9 Å². The van der Waals surface area contributed by atoms with Crippen molar-refractivity contribution < 1.29 is 19.1 Å². The molecule has 2 N–H and O–H groups in total. The summed E-state index contributed by atoms with van der Waals surface area (Å²) in [6.07, 6.45) is 6.68. The number of anilines is 1. The Kier molecular flexibility index (Phi) is 6.35. The van der Waals surface area contributed by atoms with Gasteiger partial charge in [-0.1, -0.05) is 30.3 Å². The maximum absolute atomic E-state index is 12.5. The predicted octanol–water partition coefficient (Wildman–Crippen LogP) is 3.21. The number of hydrogen-bond donors (Lipinski definition) is 2. The van der Waals surface area contributed by atoms with Crippen LogP contribution in [0.2, 0.25) is 0 Å². The Morgan fingerprint density at radius 2 is 1.97 bits per heavy atom. The number of carbonyl (C=O) groups excluding carboxylic acids is 3. The number of ether oxygens (including phenoxy) is 1. The van der Waals surface area contributed by atoms with E-state index in [1.807, 2.05) is 54.7 Å². The SMILES string of the molecule is COC(=O)[C@@H](Cc1c[nH]c2ccccc12)NC(=O)/C=C/c1ccc(N2CCCC2=O)cc1. The molecule has 1 aromatic heterocycles. The van der Waals surface area contributed by atoms with Gasteiger partial charge in [-0.3, -0.25) is 9.59 Å². The summed E-state index contributed by atoms with van der Waals surface area (Å²) in [5.74, 6) is -0.757. The molecule has 0 saturated carbocycles. The molecule has 1 atom stereocenters. The zero-order chi connectivity index (χ0) is 22.5. The van der Waals surface area contributed by atoms with Crippen LogP contribution >= 0.6 is 0 Å². The third-order valence-electron chi connectivity index (χ3n) is 5.61. The number of methoxy groups -OCH3 is 1. The fourth-order valence-electron chi connectivity index (χ4n) is 3.93. The van der Waals surface area contributed by atoms with E-state index in [0.717, 1.165) is 40.7 Å². The Bertz CT molecular complexity index is 1160. The average Bonchev–Trinajstić information content (AvgIpc) is 3.43. The molecule has 1 aliphatic heterocycles. The molecule has 0 unspecified atom stereocenters. The molecule has 1 fully saturated rings. The lowest BCUT2D eigenvalue weighted by molar-refractivity contribution is -0.144. The molecule has 1 aliphatic rings. The van der Waals surface area contributed by atoms with Crippen LogP contribution < -0.4 is 10.2 Å². The Labute approximate surface area is 186 Å². The molecular weight excluding hydrogens is 406 g/mol. The van der Waals surface area contributed by atoms with Crippen molar-refractivity contribution in [1.82, 2.24) is 10.3 Å². The molecule has 2 amide bonds. The summed E-state index contributed by atoms with van der Waals surface area (Å²) in [6.45, 7) is 0.738. The minimum Gasteiger partial charge on any atom is -0.467 e. The standard InChI is InChI=1S/C25H25N3O4/c1-32-25(31)22(15-18-16-26-21-6-3-2-5-20(18)21)27-23(29)13-10-17-8-11-19(12-9-17)28-14-4-7-24(28)30/h2-3,5-6,8-13,16,22,26H,4,7,14-15H2,1H3,(H,27,29)/b13-10+/t22-/m1/s1. The lowest BCUT2D eigenvalue weighted by Crippen LogP contribution is -2.42. The maximum Gasteiger partial charge on any atom is 0.328 e. The number of nitrogens with zero attached hydrogens (tertiary/aromatic N) is 1. The smallest absolute Gasteiger partial charge is 0.328 e. The van der Waals surface area contributed by atoms with E-state index in [1.54, 1.807) is 11.0 Å². The number of amides is 2. The molecule has 1 saturated heterocycles. The van der Waals surface area contributed by atoms with Gasteiger partial charge in [-0.15, -0.1) is 0 Å². The Balaban J connectivity index is 1.41. The molecule has 7 nitrogen and oxygen atoms in total. The molecule has 4 rings (SSSR count). The highest BCUT2D eigenvalue weighted by Gasteiger charge is 2.23. The molecule has 2 heterocycles. The summed E-state index contributed by atoms with van der Waals surface area (Å²) in [4.78, 5) is 41.6. The van der Waals surface area contributed by atoms with Gasteiger partial charge in [0.1, 0.15) is 6.04 Å². The lowest BCUT2D eigenvalue weighted by Gasteiger charge is -2.16. The number of rotatable bonds is 7. The number of nitrogens with one attached hydrogen (secondary N) is 2. The normalized spacial score (nSPS) is 14.8. The van der Waals surface area contributed by atoms with Gasteiger partial charge in [-0.05, 0) is 41.8 Å². The van der Waals surface area contributed by atoms with Crippen molar-refractivity contribution in [1.29, 1.82) is 0 Å². The first-order valence-corrected chi connectivity index (χ1v) is 10.6. The Hall–Kier alpha value is -3.87. The van der Waals surface area contributed by atoms with Crippen molar-refractivity contribution in [2.75, 3.05) is 18.6 Å². The van der Waals surface area contributed by atoms with Crippen LogP contribution in [0.1, 0.15) is 24.0 Å². The van der Waals surface area contributed by atoms with E-state index in [2.05, 4.69) is 10.3 Å². The first-order chi connectivity index (χ1) is 15.5. The largest absolute Gasteiger partial charge is 0.467 e. The number of para-hydroxylation sites is 1. The first-order valence-electron chi connectivity index (χ1n) is 10.6. The zero-order valence-electron chi connectivity index (χ0n) is 17.8. The number of fused-ring (bicyclic) bond motifs is 1. The number of carbonyl (C=O) groups is 3. The summed E-state index contributed by atoms with van der Waals surface area (Å²) in [7, 11) is 1.30. The van der Waals surface area contributed by atoms with Gasteiger partial charge in [0.2, 0.25) is 11.8 Å². The monoisotopic (exact) mass is 431 g/mol. The first kappa shape index (κ1) is 21.4. The van der Waals surface area contributed by atoms with Gasteiger partial charge < -0.3 is 19.9 Å². The molecule has 0 spiro atoms. The number of benzene rings is 2. The number of aromatic nitrogens is 1. The molecule has 0 bridgehead atoms. The zero-order valence-corrected chi connectivity index (χ0v) is 17.8. The van der Waals surface area contributed by atoms with Crippen LogP contribution in [0.15, 0.2) is 60.8 Å². The van der Waals surface area contributed by atoms with E-state index >= 15 is 0 Å². The quantitative estimate of drug-likeness (QED) is 0.444. The van der Waals surface area contributed by atoms with Crippen LogP contribution in [0.25, 0.3) is 17.0 Å². The van der Waals surface area contributed by atoms with Gasteiger partial charge >= 0.3 is 5.97 Å². The summed E-state index contributed by atoms with van der Waals surface area (Å²) in [5, 5.41) is 3.74. The van der Waals surface area contributed by atoms with Crippen LogP contribution in [0, 0.1) is 0 Å². The van der Waals surface area contributed by atoms with Crippen molar-refractivity contribution >= 4 is 40.4 Å². The molecule has 7 heteroatoms. The van der Waals surface area contributed by atoms with Gasteiger partial charge in [0.05, 0.1) is 7.11 Å². The highest BCUT2D eigenvalue weighted by Crippen LogP contribution is 2.22. The third kappa shape index (κ3) is 4.72. The second kappa shape index (κ2) is 9.51. The number of esters is 1. The van der Waals surface area contributed by atoms with Crippen LogP contribution in [-0.4, -0.2) is 42.5 Å². The van der Waals surface area contributed by atoms with Crippen LogP contribution in [0.3, 0.4) is 0 Å². The molecule has 0 aliphatic carbocycles. The van der Waals surface area contributed by atoms with Crippen molar-refractivity contribution in [2.24, 2.45) is 0 Å². The molecule has 3 aromatic rings. The summed E-state index contributed by atoms with van der Waals surface area (Å²) < 4.78 is 4.89. The van der Waals surface area contributed by atoms with Gasteiger partial charge in [-0.2, -0.15) is 0 Å². The van der Waals surface area contributed by atoms with E-state index in [-0.39, 0.29) is 11.8 Å². The fraction of sp³-hybridized carbons (Fsp3) is 0.240. The summed E-state index contributed by atoms with van der Waals surface area (Å²) >= 11 is 0. The number of aromatic amines is 1. The molecular formula is C25H25N3O4. The van der Waals surface area contributed by atoms with Gasteiger partial charge in [0.25, 0.3) is 0 Å². The Morgan fingerprint density at radius 3 is 2.69 bits per heavy atom. The van der Waals surface area contributed by atoms with Crippen molar-refractivity contribution in [3.63, 3.8) is 0 Å². The minimum absolute atomic E-state index is 0.136. The van der Waals surface area contributed by atoms with E-state index in [4.69, 9.17) is 4.74 Å². The lowest BCUT2D eigenvalue weighted by atomic mass is 10.0. The highest BCUT2D eigenvalue weighted by molar-refractivity contribution is 5.96. The van der Waals surface area contributed by atoms with Gasteiger partial charge in [0.15, 0.2) is 0 Å². The average molecular weight is 431 g/mol. The van der Waals surface area contributed by atoms with Gasteiger partial charge in [0, 0.05) is 48.2 Å². The molecule has 0 radical (unpaired) electrons. The molecule has 2 aromatic carbocycles.